The second-order valence-corrected chi connectivity index (χ2v) is 6.25. The molecule has 0 aromatic carbocycles. The van der Waals surface area contributed by atoms with Gasteiger partial charge in [0.25, 0.3) is 5.91 Å². The van der Waals surface area contributed by atoms with Gasteiger partial charge < -0.3 is 9.73 Å². The number of hydrogen-bond donors (Lipinski definition) is 1. The van der Waals surface area contributed by atoms with Crippen molar-refractivity contribution in [1.29, 1.82) is 0 Å². The van der Waals surface area contributed by atoms with Crippen LogP contribution in [-0.2, 0) is 13.0 Å². The van der Waals surface area contributed by atoms with Crippen molar-refractivity contribution in [2.24, 2.45) is 5.92 Å². The maximum Gasteiger partial charge on any atom is 0.254 e. The van der Waals surface area contributed by atoms with Gasteiger partial charge in [-0.15, -0.1) is 10.2 Å². The molecule has 2 heterocycles. The monoisotopic (exact) mass is 317 g/mol. The largest absolute Gasteiger partial charge is 0.426 e. The van der Waals surface area contributed by atoms with Crippen molar-refractivity contribution in [1.82, 2.24) is 25.3 Å². The third kappa shape index (κ3) is 3.60. The van der Waals surface area contributed by atoms with E-state index in [1.54, 1.807) is 11.6 Å². The van der Waals surface area contributed by atoms with Gasteiger partial charge in [0, 0.05) is 32.1 Å². The summed E-state index contributed by atoms with van der Waals surface area (Å²) in [6, 6.07) is 0.209. The molecular weight excluding hydrogens is 294 g/mol. The van der Waals surface area contributed by atoms with Gasteiger partial charge in [-0.2, -0.15) is 5.10 Å². The van der Waals surface area contributed by atoms with Crippen LogP contribution in [0.15, 0.2) is 10.6 Å². The van der Waals surface area contributed by atoms with Crippen molar-refractivity contribution in [3.63, 3.8) is 0 Å². The van der Waals surface area contributed by atoms with Crippen LogP contribution >= 0.6 is 0 Å². The maximum atomic E-state index is 12.4. The predicted octanol–water partition coefficient (Wildman–Crippen LogP) is 2.04. The van der Waals surface area contributed by atoms with E-state index < -0.39 is 0 Å². The van der Waals surface area contributed by atoms with Gasteiger partial charge in [-0.25, -0.2) is 0 Å². The minimum atomic E-state index is -0.0264. The average Bonchev–Trinajstić information content (AvgIpc) is 3.21. The normalized spacial score (nSPS) is 20.8. The third-order valence-corrected chi connectivity index (χ3v) is 4.42. The molecule has 0 saturated heterocycles. The number of nitrogens with zero attached hydrogens (tertiary/aromatic N) is 4. The molecule has 7 nitrogen and oxygen atoms in total. The van der Waals surface area contributed by atoms with Gasteiger partial charge in [-0.3, -0.25) is 9.48 Å². The Hall–Kier alpha value is -2.18. The Bertz CT molecular complexity index is 690. The predicted molar refractivity (Wildman–Crippen MR) is 84.0 cm³/mol. The van der Waals surface area contributed by atoms with Gasteiger partial charge in [-0.1, -0.05) is 0 Å². The molecular formula is C16H23N5O2. The highest BCUT2D eigenvalue weighted by atomic mass is 16.4. The van der Waals surface area contributed by atoms with Gasteiger partial charge >= 0.3 is 0 Å². The van der Waals surface area contributed by atoms with Gasteiger partial charge in [0.05, 0.1) is 11.3 Å². The van der Waals surface area contributed by atoms with Crippen LogP contribution in [0.2, 0.25) is 0 Å². The van der Waals surface area contributed by atoms with E-state index in [0.717, 1.165) is 37.9 Å². The van der Waals surface area contributed by atoms with Gasteiger partial charge in [-0.05, 0) is 39.0 Å². The molecule has 3 rings (SSSR count). The Balaban J connectivity index is 1.54. The van der Waals surface area contributed by atoms with Gasteiger partial charge in [0.15, 0.2) is 0 Å². The zero-order valence-corrected chi connectivity index (χ0v) is 13.9. The fourth-order valence-electron chi connectivity index (χ4n) is 3.22. The first-order valence-corrected chi connectivity index (χ1v) is 8.19. The topological polar surface area (TPSA) is 85.8 Å². The lowest BCUT2D eigenvalue weighted by Gasteiger charge is -2.12. The second kappa shape index (κ2) is 6.52. The number of amides is 1. The van der Waals surface area contributed by atoms with Crippen LogP contribution in [0, 0.1) is 19.8 Å². The number of aryl methyl sites for hydroxylation is 3. The van der Waals surface area contributed by atoms with Crippen LogP contribution in [0.3, 0.4) is 0 Å². The standard InChI is InChI=1S/C16H23N5O2/c1-4-21-9-14(10(2)20-21)16(22)17-13-6-5-12(7-13)8-15-19-18-11(3)23-15/h9,12-13H,4-8H2,1-3H3,(H,17,22)/t12-,13+/m1/s1. The summed E-state index contributed by atoms with van der Waals surface area (Å²) >= 11 is 0. The minimum absolute atomic E-state index is 0.0264. The van der Waals surface area contributed by atoms with E-state index in [4.69, 9.17) is 4.42 Å². The summed E-state index contributed by atoms with van der Waals surface area (Å²) < 4.78 is 7.23. The minimum Gasteiger partial charge on any atom is -0.426 e. The quantitative estimate of drug-likeness (QED) is 0.912. The third-order valence-electron chi connectivity index (χ3n) is 4.42. The summed E-state index contributed by atoms with van der Waals surface area (Å²) in [4.78, 5) is 12.4. The Morgan fingerprint density at radius 2 is 2.22 bits per heavy atom. The molecule has 2 atom stereocenters. The molecule has 2 aromatic rings. The van der Waals surface area contributed by atoms with Crippen LogP contribution < -0.4 is 5.32 Å². The summed E-state index contributed by atoms with van der Waals surface area (Å²) in [7, 11) is 0. The van der Waals surface area contributed by atoms with E-state index in [9.17, 15) is 4.79 Å². The summed E-state index contributed by atoms with van der Waals surface area (Å²) in [5.74, 6) is 1.76. The smallest absolute Gasteiger partial charge is 0.254 e. The van der Waals surface area contributed by atoms with E-state index in [-0.39, 0.29) is 11.9 Å². The van der Waals surface area contributed by atoms with E-state index in [2.05, 4.69) is 20.6 Å². The lowest BCUT2D eigenvalue weighted by atomic mass is 10.0. The first-order chi connectivity index (χ1) is 11.0. The number of aromatic nitrogens is 4. The molecule has 7 heteroatoms. The van der Waals surface area contributed by atoms with Crippen molar-refractivity contribution in [2.75, 3.05) is 0 Å². The Labute approximate surface area is 135 Å². The lowest BCUT2D eigenvalue weighted by Crippen LogP contribution is -2.33. The van der Waals surface area contributed by atoms with Gasteiger partial charge in [0.1, 0.15) is 0 Å². The second-order valence-electron chi connectivity index (χ2n) is 6.25. The maximum absolute atomic E-state index is 12.4. The van der Waals surface area contributed by atoms with Crippen molar-refractivity contribution >= 4 is 5.91 Å². The molecule has 1 saturated carbocycles. The molecule has 0 spiro atoms. The molecule has 0 aliphatic heterocycles. The number of rotatable bonds is 5. The Morgan fingerprint density at radius 1 is 1.39 bits per heavy atom. The van der Waals surface area contributed by atoms with Crippen molar-refractivity contribution < 1.29 is 9.21 Å². The first-order valence-electron chi connectivity index (χ1n) is 8.19. The molecule has 0 unspecified atom stereocenters. The van der Waals surface area contributed by atoms with Crippen LogP contribution in [0.4, 0.5) is 0 Å². The number of hydrogen-bond acceptors (Lipinski definition) is 5. The molecule has 2 aromatic heterocycles. The van der Waals surface area contributed by atoms with Crippen LogP contribution in [-0.4, -0.2) is 31.9 Å². The molecule has 1 aliphatic rings. The van der Waals surface area contributed by atoms with Crippen LogP contribution in [0.5, 0.6) is 0 Å². The Morgan fingerprint density at radius 3 is 2.87 bits per heavy atom. The molecule has 0 radical (unpaired) electrons. The van der Waals surface area contributed by atoms with Crippen molar-refractivity contribution in [3.8, 4) is 0 Å². The molecule has 0 bridgehead atoms. The number of carbonyl (C=O) groups excluding carboxylic acids is 1. The fourth-order valence-corrected chi connectivity index (χ4v) is 3.22. The van der Waals surface area contributed by atoms with Crippen molar-refractivity contribution in [2.45, 2.75) is 59.0 Å². The van der Waals surface area contributed by atoms with E-state index >= 15 is 0 Å². The highest BCUT2D eigenvalue weighted by Crippen LogP contribution is 2.28. The van der Waals surface area contributed by atoms with E-state index in [1.807, 2.05) is 20.0 Å². The number of nitrogens with one attached hydrogen (secondary N) is 1. The van der Waals surface area contributed by atoms with Crippen LogP contribution in [0.25, 0.3) is 0 Å². The summed E-state index contributed by atoms with van der Waals surface area (Å²) in [5.41, 5.74) is 1.45. The Kier molecular flexibility index (Phi) is 4.45. The lowest BCUT2D eigenvalue weighted by molar-refractivity contribution is 0.0936. The fraction of sp³-hybridized carbons (Fsp3) is 0.625. The zero-order valence-electron chi connectivity index (χ0n) is 13.9. The molecule has 1 fully saturated rings. The van der Waals surface area contributed by atoms with E-state index in [1.165, 1.54) is 0 Å². The molecule has 23 heavy (non-hydrogen) atoms. The summed E-state index contributed by atoms with van der Waals surface area (Å²) in [6.07, 6.45) is 5.62. The summed E-state index contributed by atoms with van der Waals surface area (Å²) in [6.45, 7) is 6.45. The van der Waals surface area contributed by atoms with E-state index in [0.29, 0.717) is 23.3 Å². The molecule has 124 valence electrons. The molecule has 1 amide bonds. The first kappa shape index (κ1) is 15.7. The summed E-state index contributed by atoms with van der Waals surface area (Å²) in [5, 5.41) is 15.4. The molecule has 1 aliphatic carbocycles. The van der Waals surface area contributed by atoms with Gasteiger partial charge in [0.2, 0.25) is 11.8 Å². The van der Waals surface area contributed by atoms with Crippen LogP contribution in [0.1, 0.15) is 54.0 Å². The molecule has 1 N–H and O–H groups in total. The van der Waals surface area contributed by atoms with Crippen molar-refractivity contribution in [3.05, 3.63) is 29.2 Å². The highest BCUT2D eigenvalue weighted by molar-refractivity contribution is 5.95. The number of carbonyl (C=O) groups is 1. The SMILES string of the molecule is CCn1cc(C(=O)N[C@H]2CC[C@@H](Cc3nnc(C)o3)C2)c(C)n1. The average molecular weight is 317 g/mol. The highest BCUT2D eigenvalue weighted by Gasteiger charge is 2.28. The zero-order chi connectivity index (χ0) is 16.4.